The van der Waals surface area contributed by atoms with Crippen molar-refractivity contribution in [2.75, 3.05) is 39.3 Å². The van der Waals surface area contributed by atoms with E-state index in [2.05, 4.69) is 43.9 Å². The van der Waals surface area contributed by atoms with Crippen molar-refractivity contribution in [1.82, 2.24) is 9.80 Å². The topological polar surface area (TPSA) is 39.5 Å². The Kier molecular flexibility index (Phi) is 6.27. The average Bonchev–Trinajstić information content (AvgIpc) is 3.02. The van der Waals surface area contributed by atoms with E-state index in [0.29, 0.717) is 12.2 Å². The number of piperazine rings is 1. The molecule has 0 unspecified atom stereocenters. The third kappa shape index (κ3) is 5.05. The molecule has 0 amide bonds. The molecule has 0 aliphatic carbocycles. The van der Waals surface area contributed by atoms with E-state index >= 15 is 0 Å². The minimum Gasteiger partial charge on any atom is -0.492 e. The lowest BCUT2D eigenvalue weighted by Gasteiger charge is -2.34. The highest BCUT2D eigenvalue weighted by Crippen LogP contribution is 2.23. The molecule has 24 heavy (non-hydrogen) atoms. The summed E-state index contributed by atoms with van der Waals surface area (Å²) in [5, 5.41) is 8.79. The number of rotatable bonds is 6. The molecule has 6 heteroatoms. The van der Waals surface area contributed by atoms with Crippen LogP contribution in [0.5, 0.6) is 5.75 Å². The zero-order valence-corrected chi connectivity index (χ0v) is 15.9. The molecule has 3 rings (SSSR count). The molecular formula is C18H20BrN3OS. The molecule has 0 N–H and O–H groups in total. The predicted octanol–water partition coefficient (Wildman–Crippen LogP) is 3.58. The fourth-order valence-electron chi connectivity index (χ4n) is 2.75. The molecule has 1 aliphatic rings. The van der Waals surface area contributed by atoms with Crippen LogP contribution in [0.25, 0.3) is 0 Å². The van der Waals surface area contributed by atoms with Gasteiger partial charge < -0.3 is 4.74 Å². The summed E-state index contributed by atoms with van der Waals surface area (Å²) in [4.78, 5) is 6.38. The minimum absolute atomic E-state index is 0.663. The SMILES string of the molecule is N#Cc1ccc(OCCN2CCN(Cc3ccc(Br)s3)CC2)cc1. The molecule has 1 fully saturated rings. The maximum absolute atomic E-state index is 8.79. The van der Waals surface area contributed by atoms with E-state index in [1.54, 1.807) is 12.1 Å². The molecule has 1 aromatic heterocycles. The van der Waals surface area contributed by atoms with E-state index in [1.807, 2.05) is 23.5 Å². The van der Waals surface area contributed by atoms with Crippen molar-refractivity contribution in [2.24, 2.45) is 0 Å². The standard InChI is InChI=1S/C18H20BrN3OS/c19-18-6-5-17(24-18)14-22-9-7-21(8-10-22)11-12-23-16-3-1-15(13-20)2-4-16/h1-6H,7-12,14H2. The van der Waals surface area contributed by atoms with Gasteiger partial charge in [-0.25, -0.2) is 0 Å². The van der Waals surface area contributed by atoms with Crippen molar-refractivity contribution in [3.05, 3.63) is 50.6 Å². The fraction of sp³-hybridized carbons (Fsp3) is 0.389. The lowest BCUT2D eigenvalue weighted by atomic mass is 10.2. The minimum atomic E-state index is 0.663. The second kappa shape index (κ2) is 8.63. The molecule has 126 valence electrons. The van der Waals surface area contributed by atoms with Gasteiger partial charge in [0.05, 0.1) is 15.4 Å². The van der Waals surface area contributed by atoms with Gasteiger partial charge in [-0.2, -0.15) is 5.26 Å². The fourth-order valence-corrected chi connectivity index (χ4v) is 4.27. The average molecular weight is 406 g/mol. The molecule has 1 aliphatic heterocycles. The van der Waals surface area contributed by atoms with Crippen LogP contribution in [0, 0.1) is 11.3 Å². The van der Waals surface area contributed by atoms with E-state index in [-0.39, 0.29) is 0 Å². The summed E-state index contributed by atoms with van der Waals surface area (Å²) in [5.74, 6) is 0.830. The van der Waals surface area contributed by atoms with Gasteiger partial charge in [-0.3, -0.25) is 9.80 Å². The highest BCUT2D eigenvalue weighted by Gasteiger charge is 2.17. The monoisotopic (exact) mass is 405 g/mol. The van der Waals surface area contributed by atoms with Crippen molar-refractivity contribution in [3.8, 4) is 11.8 Å². The third-order valence-electron chi connectivity index (χ3n) is 4.13. The summed E-state index contributed by atoms with van der Waals surface area (Å²) in [7, 11) is 0. The molecule has 0 bridgehead atoms. The van der Waals surface area contributed by atoms with Crippen LogP contribution in [0.1, 0.15) is 10.4 Å². The Balaban J connectivity index is 1.35. The number of nitriles is 1. The zero-order chi connectivity index (χ0) is 16.8. The van der Waals surface area contributed by atoms with Crippen LogP contribution in [0.3, 0.4) is 0 Å². The summed E-state index contributed by atoms with van der Waals surface area (Å²) < 4.78 is 6.97. The normalized spacial score (nSPS) is 16.0. The van der Waals surface area contributed by atoms with Crippen LogP contribution in [0.15, 0.2) is 40.2 Å². The Labute approximate surface area is 155 Å². The summed E-state index contributed by atoms with van der Waals surface area (Å²) >= 11 is 5.34. The maximum Gasteiger partial charge on any atom is 0.119 e. The first-order valence-corrected chi connectivity index (χ1v) is 9.66. The van der Waals surface area contributed by atoms with E-state index < -0.39 is 0 Å². The number of ether oxygens (including phenoxy) is 1. The van der Waals surface area contributed by atoms with Crippen LogP contribution in [-0.4, -0.2) is 49.1 Å². The lowest BCUT2D eigenvalue weighted by Crippen LogP contribution is -2.46. The van der Waals surface area contributed by atoms with Crippen molar-refractivity contribution in [1.29, 1.82) is 5.26 Å². The molecule has 0 saturated carbocycles. The Hall–Kier alpha value is -1.39. The van der Waals surface area contributed by atoms with E-state index in [1.165, 1.54) is 8.66 Å². The van der Waals surface area contributed by atoms with Gasteiger partial charge in [0.15, 0.2) is 0 Å². The number of nitrogens with zero attached hydrogens (tertiary/aromatic N) is 3. The number of benzene rings is 1. The van der Waals surface area contributed by atoms with Gasteiger partial charge in [-0.15, -0.1) is 11.3 Å². The Morgan fingerprint density at radius 2 is 1.75 bits per heavy atom. The maximum atomic E-state index is 8.79. The Morgan fingerprint density at radius 3 is 2.38 bits per heavy atom. The van der Waals surface area contributed by atoms with Crippen molar-refractivity contribution >= 4 is 27.3 Å². The Morgan fingerprint density at radius 1 is 1.04 bits per heavy atom. The number of hydrogen-bond donors (Lipinski definition) is 0. The first-order chi connectivity index (χ1) is 11.7. The van der Waals surface area contributed by atoms with Gasteiger partial charge in [0, 0.05) is 44.1 Å². The number of hydrogen-bond acceptors (Lipinski definition) is 5. The van der Waals surface area contributed by atoms with Crippen molar-refractivity contribution < 1.29 is 4.74 Å². The van der Waals surface area contributed by atoms with Gasteiger partial charge in [-0.05, 0) is 52.3 Å². The molecule has 1 aromatic carbocycles. The first kappa shape index (κ1) is 17.4. The van der Waals surface area contributed by atoms with Crippen LogP contribution in [-0.2, 0) is 6.54 Å². The quantitative estimate of drug-likeness (QED) is 0.735. The molecule has 2 aromatic rings. The van der Waals surface area contributed by atoms with Crippen molar-refractivity contribution in [2.45, 2.75) is 6.54 Å². The largest absolute Gasteiger partial charge is 0.492 e. The van der Waals surface area contributed by atoms with Crippen molar-refractivity contribution in [3.63, 3.8) is 0 Å². The molecular weight excluding hydrogens is 386 g/mol. The zero-order valence-electron chi connectivity index (χ0n) is 13.4. The van der Waals surface area contributed by atoms with Crippen LogP contribution >= 0.6 is 27.3 Å². The molecule has 0 radical (unpaired) electrons. The van der Waals surface area contributed by atoms with E-state index in [9.17, 15) is 0 Å². The summed E-state index contributed by atoms with van der Waals surface area (Å²) in [6.45, 7) is 7.05. The molecule has 0 atom stereocenters. The molecule has 4 nitrogen and oxygen atoms in total. The summed E-state index contributed by atoms with van der Waals surface area (Å²) in [5.41, 5.74) is 0.663. The Bertz CT molecular complexity index is 687. The highest BCUT2D eigenvalue weighted by molar-refractivity contribution is 9.11. The summed E-state index contributed by atoms with van der Waals surface area (Å²) in [6, 6.07) is 13.7. The molecule has 0 spiro atoms. The molecule has 2 heterocycles. The van der Waals surface area contributed by atoms with Gasteiger partial charge in [0.1, 0.15) is 12.4 Å². The summed E-state index contributed by atoms with van der Waals surface area (Å²) in [6.07, 6.45) is 0. The van der Waals surface area contributed by atoms with E-state index in [0.717, 1.165) is 45.0 Å². The highest BCUT2D eigenvalue weighted by atomic mass is 79.9. The predicted molar refractivity (Wildman–Crippen MR) is 100 cm³/mol. The van der Waals surface area contributed by atoms with E-state index in [4.69, 9.17) is 10.00 Å². The third-order valence-corrected chi connectivity index (χ3v) is 5.74. The smallest absolute Gasteiger partial charge is 0.119 e. The van der Waals surface area contributed by atoms with Crippen LogP contribution in [0.2, 0.25) is 0 Å². The van der Waals surface area contributed by atoms with Gasteiger partial charge >= 0.3 is 0 Å². The number of halogens is 1. The van der Waals surface area contributed by atoms with Crippen LogP contribution in [0.4, 0.5) is 0 Å². The number of thiophene rings is 1. The lowest BCUT2D eigenvalue weighted by molar-refractivity contribution is 0.113. The van der Waals surface area contributed by atoms with Crippen LogP contribution < -0.4 is 4.74 Å². The van der Waals surface area contributed by atoms with Gasteiger partial charge in [0.25, 0.3) is 0 Å². The first-order valence-electron chi connectivity index (χ1n) is 8.05. The molecule has 1 saturated heterocycles. The van der Waals surface area contributed by atoms with Gasteiger partial charge in [0.2, 0.25) is 0 Å². The second-order valence-electron chi connectivity index (χ2n) is 5.81. The van der Waals surface area contributed by atoms with Gasteiger partial charge in [-0.1, -0.05) is 0 Å². The second-order valence-corrected chi connectivity index (χ2v) is 8.36.